The number of rotatable bonds is 5. The Hall–Kier alpha value is -2.53. The van der Waals surface area contributed by atoms with Crippen molar-refractivity contribution in [3.63, 3.8) is 0 Å². The quantitative estimate of drug-likeness (QED) is 0.767. The molecule has 4 rings (SSSR count). The van der Waals surface area contributed by atoms with E-state index in [0.29, 0.717) is 6.04 Å². The first-order valence-corrected chi connectivity index (χ1v) is 8.67. The molecule has 0 bridgehead atoms. The van der Waals surface area contributed by atoms with Crippen molar-refractivity contribution in [1.29, 1.82) is 0 Å². The second-order valence-electron chi connectivity index (χ2n) is 6.47. The van der Waals surface area contributed by atoms with Gasteiger partial charge in [-0.2, -0.15) is 0 Å². The predicted molar refractivity (Wildman–Crippen MR) is 98.0 cm³/mol. The third-order valence-electron chi connectivity index (χ3n) is 5.00. The first kappa shape index (κ1) is 16.0. The number of pyridine rings is 1. The van der Waals surface area contributed by atoms with Crippen LogP contribution in [0.2, 0.25) is 0 Å². The van der Waals surface area contributed by atoms with Crippen molar-refractivity contribution < 1.29 is 9.47 Å². The van der Waals surface area contributed by atoms with E-state index in [0.717, 1.165) is 36.7 Å². The predicted octanol–water partition coefficient (Wildman–Crippen LogP) is 3.92. The molecule has 25 heavy (non-hydrogen) atoms. The van der Waals surface area contributed by atoms with Gasteiger partial charge in [0.05, 0.1) is 20.3 Å². The highest BCUT2D eigenvalue weighted by Crippen LogP contribution is 2.35. The van der Waals surface area contributed by atoms with Crippen LogP contribution in [0, 0.1) is 0 Å². The molecule has 1 aliphatic heterocycles. The van der Waals surface area contributed by atoms with Crippen molar-refractivity contribution in [2.45, 2.75) is 25.4 Å². The van der Waals surface area contributed by atoms with Crippen LogP contribution in [0.3, 0.4) is 0 Å². The highest BCUT2D eigenvalue weighted by molar-refractivity contribution is 5.76. The van der Waals surface area contributed by atoms with Crippen molar-refractivity contribution in [2.24, 2.45) is 0 Å². The van der Waals surface area contributed by atoms with Gasteiger partial charge in [-0.15, -0.1) is 0 Å². The Kier molecular flexibility index (Phi) is 4.32. The smallest absolute Gasteiger partial charge is 0.137 e. The van der Waals surface area contributed by atoms with Gasteiger partial charge in [0.25, 0.3) is 0 Å². The van der Waals surface area contributed by atoms with Crippen molar-refractivity contribution in [3.05, 3.63) is 53.9 Å². The van der Waals surface area contributed by atoms with Gasteiger partial charge in [-0.3, -0.25) is 4.90 Å². The summed E-state index contributed by atoms with van der Waals surface area (Å²) in [5.41, 5.74) is 3.40. The molecular weight excluding hydrogens is 314 g/mol. The molecule has 0 aliphatic carbocycles. The highest BCUT2D eigenvalue weighted by atomic mass is 16.5. The zero-order chi connectivity index (χ0) is 17.2. The van der Waals surface area contributed by atoms with Crippen LogP contribution in [-0.4, -0.2) is 35.6 Å². The van der Waals surface area contributed by atoms with Crippen LogP contribution in [-0.2, 0) is 6.54 Å². The minimum atomic E-state index is 0.390. The summed E-state index contributed by atoms with van der Waals surface area (Å²) >= 11 is 0. The van der Waals surface area contributed by atoms with Gasteiger partial charge in [-0.25, -0.2) is 4.98 Å². The Morgan fingerprint density at radius 3 is 2.92 bits per heavy atom. The first-order valence-electron chi connectivity index (χ1n) is 8.67. The van der Waals surface area contributed by atoms with E-state index in [-0.39, 0.29) is 0 Å². The van der Waals surface area contributed by atoms with E-state index in [2.05, 4.69) is 33.1 Å². The summed E-state index contributed by atoms with van der Waals surface area (Å²) in [5.74, 6) is 1.70. The Morgan fingerprint density at radius 2 is 2.12 bits per heavy atom. The molecule has 5 heteroatoms. The van der Waals surface area contributed by atoms with Gasteiger partial charge in [0.15, 0.2) is 0 Å². The number of hydrogen-bond acceptors (Lipinski definition) is 4. The summed E-state index contributed by atoms with van der Waals surface area (Å²) in [5, 5.41) is 1.17. The van der Waals surface area contributed by atoms with Crippen LogP contribution in [0.5, 0.6) is 11.5 Å². The minimum Gasteiger partial charge on any atom is -0.497 e. The van der Waals surface area contributed by atoms with Crippen molar-refractivity contribution in [3.8, 4) is 11.5 Å². The fraction of sp³-hybridized carbons (Fsp3) is 0.350. The molecule has 0 saturated carbocycles. The summed E-state index contributed by atoms with van der Waals surface area (Å²) in [4.78, 5) is 10.4. The molecule has 0 amide bonds. The number of methoxy groups -OCH3 is 2. The van der Waals surface area contributed by atoms with Crippen LogP contribution < -0.4 is 9.47 Å². The number of aromatic nitrogens is 2. The van der Waals surface area contributed by atoms with Gasteiger partial charge in [-0.1, -0.05) is 6.07 Å². The summed E-state index contributed by atoms with van der Waals surface area (Å²) in [6.45, 7) is 1.95. The Labute approximate surface area is 147 Å². The van der Waals surface area contributed by atoms with Gasteiger partial charge in [-0.05, 0) is 43.7 Å². The molecule has 1 aliphatic rings. The lowest BCUT2D eigenvalue weighted by Crippen LogP contribution is -2.23. The number of fused-ring (bicyclic) bond motifs is 1. The topological polar surface area (TPSA) is 50.4 Å². The normalized spacial score (nSPS) is 17.9. The second kappa shape index (κ2) is 6.76. The highest BCUT2D eigenvalue weighted by Gasteiger charge is 2.28. The zero-order valence-electron chi connectivity index (χ0n) is 14.7. The zero-order valence-corrected chi connectivity index (χ0v) is 14.7. The standard InChI is InChI=1S/C20H23N3O2/c1-24-16-8-7-15(19(12-16)25-2)13-23-10-4-6-18(23)17-11-14-5-3-9-21-20(14)22-17/h3,5,7-9,11-12,18H,4,6,10,13H2,1-2H3,(H,21,22). The lowest BCUT2D eigenvalue weighted by molar-refractivity contribution is 0.241. The number of hydrogen-bond donors (Lipinski definition) is 1. The van der Waals surface area contributed by atoms with Gasteiger partial charge in [0.2, 0.25) is 0 Å². The largest absolute Gasteiger partial charge is 0.497 e. The fourth-order valence-electron chi connectivity index (χ4n) is 3.73. The Balaban J connectivity index is 1.59. The van der Waals surface area contributed by atoms with Crippen LogP contribution in [0.1, 0.15) is 30.1 Å². The van der Waals surface area contributed by atoms with E-state index in [1.54, 1.807) is 14.2 Å². The lowest BCUT2D eigenvalue weighted by Gasteiger charge is -2.24. The van der Waals surface area contributed by atoms with Gasteiger partial charge in [0, 0.05) is 35.5 Å². The minimum absolute atomic E-state index is 0.390. The summed E-state index contributed by atoms with van der Waals surface area (Å²) < 4.78 is 10.9. The van der Waals surface area contributed by atoms with E-state index >= 15 is 0 Å². The van der Waals surface area contributed by atoms with E-state index in [4.69, 9.17) is 9.47 Å². The Bertz CT molecular complexity index is 841. The van der Waals surface area contributed by atoms with Gasteiger partial charge >= 0.3 is 0 Å². The number of nitrogens with zero attached hydrogens (tertiary/aromatic N) is 2. The molecule has 3 heterocycles. The SMILES string of the molecule is COc1ccc(CN2CCCC2c2cc3cccnc3[nH]2)c(OC)c1. The van der Waals surface area contributed by atoms with Crippen LogP contribution in [0.4, 0.5) is 0 Å². The van der Waals surface area contributed by atoms with E-state index < -0.39 is 0 Å². The molecular formula is C20H23N3O2. The maximum Gasteiger partial charge on any atom is 0.137 e. The molecule has 0 spiro atoms. The van der Waals surface area contributed by atoms with E-state index in [9.17, 15) is 0 Å². The molecule has 0 radical (unpaired) electrons. The van der Waals surface area contributed by atoms with Gasteiger partial charge < -0.3 is 14.5 Å². The number of H-pyrrole nitrogens is 1. The molecule has 1 unspecified atom stereocenters. The molecule has 1 aromatic carbocycles. The summed E-state index contributed by atoms with van der Waals surface area (Å²) in [7, 11) is 3.39. The molecule has 3 aromatic rings. The first-order chi connectivity index (χ1) is 12.3. The number of ether oxygens (including phenoxy) is 2. The molecule has 1 fully saturated rings. The average molecular weight is 337 g/mol. The maximum atomic E-state index is 5.56. The number of likely N-dealkylation sites (tertiary alicyclic amines) is 1. The van der Waals surface area contributed by atoms with E-state index in [1.165, 1.54) is 23.1 Å². The lowest BCUT2D eigenvalue weighted by atomic mass is 10.1. The van der Waals surface area contributed by atoms with E-state index in [1.807, 2.05) is 24.4 Å². The molecule has 1 saturated heterocycles. The fourth-order valence-corrected chi connectivity index (χ4v) is 3.73. The number of aromatic amines is 1. The van der Waals surface area contributed by atoms with Crippen LogP contribution in [0.15, 0.2) is 42.6 Å². The summed E-state index contributed by atoms with van der Waals surface area (Å²) in [6.07, 6.45) is 4.19. The molecule has 1 N–H and O–H groups in total. The monoisotopic (exact) mass is 337 g/mol. The molecule has 5 nitrogen and oxygen atoms in total. The second-order valence-corrected chi connectivity index (χ2v) is 6.47. The van der Waals surface area contributed by atoms with Crippen molar-refractivity contribution >= 4 is 11.0 Å². The average Bonchev–Trinajstić information content (AvgIpc) is 3.28. The third kappa shape index (κ3) is 3.07. The Morgan fingerprint density at radius 1 is 1.20 bits per heavy atom. The maximum absolute atomic E-state index is 5.56. The van der Waals surface area contributed by atoms with Crippen LogP contribution >= 0.6 is 0 Å². The van der Waals surface area contributed by atoms with Crippen molar-refractivity contribution in [2.75, 3.05) is 20.8 Å². The molecule has 130 valence electrons. The van der Waals surface area contributed by atoms with Crippen molar-refractivity contribution in [1.82, 2.24) is 14.9 Å². The molecule has 1 atom stereocenters. The number of benzene rings is 1. The van der Waals surface area contributed by atoms with Crippen LogP contribution in [0.25, 0.3) is 11.0 Å². The van der Waals surface area contributed by atoms with Gasteiger partial charge in [0.1, 0.15) is 17.1 Å². The molecule has 2 aromatic heterocycles. The third-order valence-corrected chi connectivity index (χ3v) is 5.00. The number of nitrogens with one attached hydrogen (secondary N) is 1. The summed E-state index contributed by atoms with van der Waals surface area (Å²) in [6, 6.07) is 12.8.